The van der Waals surface area contributed by atoms with Crippen molar-refractivity contribution >= 4 is 5.97 Å². The van der Waals surface area contributed by atoms with Crippen LogP contribution in [0.25, 0.3) is 0 Å². The van der Waals surface area contributed by atoms with E-state index in [9.17, 15) is 9.18 Å². The van der Waals surface area contributed by atoms with E-state index in [1.165, 1.54) is 12.1 Å². The van der Waals surface area contributed by atoms with Crippen LogP contribution in [0.2, 0.25) is 0 Å². The summed E-state index contributed by atoms with van der Waals surface area (Å²) in [4.78, 5) is 11.2. The first kappa shape index (κ1) is 12.4. The number of aromatic hydroxyl groups is 1. The highest BCUT2D eigenvalue weighted by Crippen LogP contribution is 2.11. The van der Waals surface area contributed by atoms with Crippen LogP contribution in [0.3, 0.4) is 0 Å². The molecule has 0 aliphatic heterocycles. The lowest BCUT2D eigenvalue weighted by Crippen LogP contribution is -2.34. The van der Waals surface area contributed by atoms with Crippen LogP contribution in [-0.2, 0) is 16.0 Å². The summed E-state index contributed by atoms with van der Waals surface area (Å²) in [5, 5.41) is 9.05. The third-order valence-electron chi connectivity index (χ3n) is 2.02. The van der Waals surface area contributed by atoms with Crippen molar-refractivity contribution < 1.29 is 19.0 Å². The van der Waals surface area contributed by atoms with Crippen LogP contribution in [0, 0.1) is 0 Å². The van der Waals surface area contributed by atoms with Crippen molar-refractivity contribution in [2.75, 3.05) is 13.3 Å². The van der Waals surface area contributed by atoms with Gasteiger partial charge in [-0.05, 0) is 24.1 Å². The summed E-state index contributed by atoms with van der Waals surface area (Å²) in [6.45, 7) is -0.972. The molecule has 0 spiro atoms. The molecule has 3 N–H and O–H groups in total. The molecular weight excluding hydrogens is 213 g/mol. The van der Waals surface area contributed by atoms with E-state index in [1.807, 2.05) is 0 Å². The highest BCUT2D eigenvalue weighted by Gasteiger charge is 2.15. The fourth-order valence-electron chi connectivity index (χ4n) is 1.22. The van der Waals surface area contributed by atoms with Crippen molar-refractivity contribution in [1.29, 1.82) is 0 Å². The van der Waals surface area contributed by atoms with Crippen molar-refractivity contribution in [3.05, 3.63) is 29.8 Å². The number of halogens is 1. The highest BCUT2D eigenvalue weighted by atomic mass is 19.1. The molecule has 0 aromatic heterocycles. The van der Waals surface area contributed by atoms with Gasteiger partial charge in [0.15, 0.2) is 0 Å². The summed E-state index contributed by atoms with van der Waals surface area (Å²) >= 11 is 0. The molecule has 16 heavy (non-hydrogen) atoms. The number of benzene rings is 1. The molecule has 1 atom stereocenters. The molecule has 0 heterocycles. The average Bonchev–Trinajstić information content (AvgIpc) is 2.29. The predicted molar refractivity (Wildman–Crippen MR) is 56.7 cm³/mol. The van der Waals surface area contributed by atoms with Gasteiger partial charge >= 0.3 is 5.97 Å². The van der Waals surface area contributed by atoms with E-state index in [1.54, 1.807) is 12.1 Å². The Labute approximate surface area is 92.8 Å². The maximum absolute atomic E-state index is 11.7. The largest absolute Gasteiger partial charge is 0.508 e. The minimum atomic E-state index is -0.809. The van der Waals surface area contributed by atoms with Gasteiger partial charge in [0.2, 0.25) is 0 Å². The molecule has 0 unspecified atom stereocenters. The molecular formula is C11H14FNO3. The van der Waals surface area contributed by atoms with Gasteiger partial charge in [-0.2, -0.15) is 0 Å². The van der Waals surface area contributed by atoms with Crippen LogP contribution in [0.1, 0.15) is 5.56 Å². The molecule has 0 radical (unpaired) electrons. The Morgan fingerprint density at radius 1 is 1.44 bits per heavy atom. The Morgan fingerprint density at radius 2 is 2.06 bits per heavy atom. The summed E-state index contributed by atoms with van der Waals surface area (Å²) < 4.78 is 16.3. The highest BCUT2D eigenvalue weighted by molar-refractivity contribution is 5.75. The Bertz CT molecular complexity index is 340. The molecule has 1 aromatic rings. The molecule has 0 saturated carbocycles. The Morgan fingerprint density at radius 3 is 2.62 bits per heavy atom. The average molecular weight is 227 g/mol. The van der Waals surface area contributed by atoms with Gasteiger partial charge in [0.1, 0.15) is 25.1 Å². The van der Waals surface area contributed by atoms with Crippen LogP contribution >= 0.6 is 0 Å². The molecule has 88 valence electrons. The Hall–Kier alpha value is -1.62. The van der Waals surface area contributed by atoms with Gasteiger partial charge in [-0.3, -0.25) is 4.79 Å². The lowest BCUT2D eigenvalue weighted by Gasteiger charge is -2.10. The van der Waals surface area contributed by atoms with E-state index in [4.69, 9.17) is 10.8 Å². The standard InChI is InChI=1S/C11H14FNO3/c12-5-6-16-11(15)10(13)7-8-1-3-9(14)4-2-8/h1-4,10,14H,5-7,13H2/t10-/m0/s1. The number of alkyl halides is 1. The number of esters is 1. The van der Waals surface area contributed by atoms with Crippen molar-refractivity contribution in [2.45, 2.75) is 12.5 Å². The number of carbonyl (C=O) groups excluding carboxylic acids is 1. The molecule has 0 aliphatic rings. The maximum Gasteiger partial charge on any atom is 0.323 e. The molecule has 0 saturated heterocycles. The fraction of sp³-hybridized carbons (Fsp3) is 0.364. The Kier molecular flexibility index (Phi) is 4.72. The number of phenols is 1. The second-order valence-electron chi connectivity index (χ2n) is 3.33. The van der Waals surface area contributed by atoms with Crippen molar-refractivity contribution in [2.24, 2.45) is 5.73 Å². The number of ether oxygens (including phenoxy) is 1. The van der Waals surface area contributed by atoms with E-state index in [0.29, 0.717) is 6.42 Å². The number of hydrogen-bond acceptors (Lipinski definition) is 4. The van der Waals surface area contributed by atoms with Gasteiger partial charge in [0.25, 0.3) is 0 Å². The zero-order chi connectivity index (χ0) is 12.0. The first-order chi connectivity index (χ1) is 7.63. The first-order valence-electron chi connectivity index (χ1n) is 4.89. The predicted octanol–water partition coefficient (Wildman–Crippen LogP) is 0.775. The van der Waals surface area contributed by atoms with Crippen LogP contribution in [0.5, 0.6) is 5.75 Å². The summed E-state index contributed by atoms with van der Waals surface area (Å²) in [5.41, 5.74) is 6.38. The topological polar surface area (TPSA) is 72.5 Å². The third-order valence-corrected chi connectivity index (χ3v) is 2.02. The van der Waals surface area contributed by atoms with Crippen molar-refractivity contribution in [1.82, 2.24) is 0 Å². The number of hydrogen-bond donors (Lipinski definition) is 2. The maximum atomic E-state index is 11.7. The van der Waals surface area contributed by atoms with Gasteiger partial charge < -0.3 is 15.6 Å². The van der Waals surface area contributed by atoms with Crippen LogP contribution in [-0.4, -0.2) is 30.4 Å². The summed E-state index contributed by atoms with van der Waals surface area (Å²) in [6, 6.07) is 5.54. The molecule has 1 rings (SSSR count). The van der Waals surface area contributed by atoms with E-state index in [0.717, 1.165) is 5.56 Å². The molecule has 0 amide bonds. The number of nitrogens with two attached hydrogens (primary N) is 1. The summed E-state index contributed by atoms with van der Waals surface area (Å²) in [7, 11) is 0. The van der Waals surface area contributed by atoms with Crippen molar-refractivity contribution in [3.63, 3.8) is 0 Å². The van der Waals surface area contributed by atoms with E-state index < -0.39 is 18.7 Å². The van der Waals surface area contributed by atoms with Gasteiger partial charge in [-0.15, -0.1) is 0 Å². The van der Waals surface area contributed by atoms with Crippen LogP contribution in [0.15, 0.2) is 24.3 Å². The molecule has 5 heteroatoms. The summed E-state index contributed by atoms with van der Waals surface area (Å²) in [5.74, 6) is -0.469. The smallest absolute Gasteiger partial charge is 0.323 e. The van der Waals surface area contributed by atoms with E-state index in [-0.39, 0.29) is 12.4 Å². The van der Waals surface area contributed by atoms with Crippen LogP contribution in [0.4, 0.5) is 4.39 Å². The van der Waals surface area contributed by atoms with Gasteiger partial charge in [0, 0.05) is 0 Å². The molecule has 0 aliphatic carbocycles. The van der Waals surface area contributed by atoms with Gasteiger partial charge in [0.05, 0.1) is 0 Å². The Balaban J connectivity index is 2.47. The zero-order valence-electron chi connectivity index (χ0n) is 8.73. The van der Waals surface area contributed by atoms with Gasteiger partial charge in [-0.1, -0.05) is 12.1 Å². The minimum absolute atomic E-state index is 0.150. The number of carbonyl (C=O) groups is 1. The lowest BCUT2D eigenvalue weighted by molar-refractivity contribution is -0.145. The SMILES string of the molecule is N[C@@H](Cc1ccc(O)cc1)C(=O)OCCF. The number of rotatable bonds is 5. The van der Waals surface area contributed by atoms with E-state index >= 15 is 0 Å². The molecule has 0 fully saturated rings. The number of phenolic OH excluding ortho intramolecular Hbond substituents is 1. The minimum Gasteiger partial charge on any atom is -0.508 e. The molecule has 1 aromatic carbocycles. The van der Waals surface area contributed by atoms with Gasteiger partial charge in [-0.25, -0.2) is 4.39 Å². The zero-order valence-corrected chi connectivity index (χ0v) is 8.73. The molecule has 4 nitrogen and oxygen atoms in total. The first-order valence-corrected chi connectivity index (χ1v) is 4.89. The second kappa shape index (κ2) is 6.07. The second-order valence-corrected chi connectivity index (χ2v) is 3.33. The monoisotopic (exact) mass is 227 g/mol. The van der Waals surface area contributed by atoms with Crippen molar-refractivity contribution in [3.8, 4) is 5.75 Å². The normalized spacial score (nSPS) is 12.1. The molecule has 0 bridgehead atoms. The lowest BCUT2D eigenvalue weighted by atomic mass is 10.1. The van der Waals surface area contributed by atoms with Crippen LogP contribution < -0.4 is 5.73 Å². The summed E-state index contributed by atoms with van der Waals surface area (Å²) in [6.07, 6.45) is 0.297. The third kappa shape index (κ3) is 3.86. The fourth-order valence-corrected chi connectivity index (χ4v) is 1.22. The quantitative estimate of drug-likeness (QED) is 0.729. The van der Waals surface area contributed by atoms with E-state index in [2.05, 4.69) is 4.74 Å².